The number of fused-ring (bicyclic) bond motifs is 4. The van der Waals surface area contributed by atoms with Crippen molar-refractivity contribution in [3.63, 3.8) is 0 Å². The molecule has 0 radical (unpaired) electrons. The number of halogens is 2. The number of benzene rings is 4. The van der Waals surface area contributed by atoms with Gasteiger partial charge in [-0.15, -0.1) is 0 Å². The van der Waals surface area contributed by atoms with Crippen LogP contribution in [-0.2, 0) is 53.3 Å². The van der Waals surface area contributed by atoms with Crippen LogP contribution in [0.15, 0.2) is 92.4 Å². The highest BCUT2D eigenvalue weighted by Gasteiger charge is 2.32. The minimum Gasteiger partial charge on any atom is -0.412 e. The zero-order chi connectivity index (χ0) is 57.3. The smallest absolute Gasteiger partial charge is 0.261 e. The van der Waals surface area contributed by atoms with Crippen LogP contribution in [0, 0.1) is 0 Å². The third kappa shape index (κ3) is 28.2. The van der Waals surface area contributed by atoms with Crippen molar-refractivity contribution >= 4 is 87.2 Å². The molecule has 4 aliphatic heterocycles. The fraction of sp³-hybridized carbons (Fsp3) is 0.520. The van der Waals surface area contributed by atoms with Gasteiger partial charge in [0.05, 0.1) is 38.2 Å². The molecule has 0 bridgehead atoms. The third-order valence-electron chi connectivity index (χ3n) is 12.0. The predicted octanol–water partition coefficient (Wildman–Crippen LogP) is 6.83. The van der Waals surface area contributed by atoms with Gasteiger partial charge in [-0.3, -0.25) is 37.8 Å². The molecule has 2 atom stereocenters. The molecule has 0 saturated carbocycles. The summed E-state index contributed by atoms with van der Waals surface area (Å²) in [5, 5.41) is 20.1. The summed E-state index contributed by atoms with van der Waals surface area (Å²) in [6.45, 7) is 19.3. The topological polar surface area (TPSA) is 302 Å². The molecule has 2 unspecified atom stereocenters. The first-order valence-corrected chi connectivity index (χ1v) is 33.9. The summed E-state index contributed by atoms with van der Waals surface area (Å²) >= 11 is 16.4. The molecule has 2 fully saturated rings. The molecule has 0 aliphatic carbocycles. The van der Waals surface area contributed by atoms with Crippen LogP contribution in [0.25, 0.3) is 0 Å². The van der Waals surface area contributed by atoms with Gasteiger partial charge < -0.3 is 15.7 Å². The molecule has 0 aromatic heterocycles. The summed E-state index contributed by atoms with van der Waals surface area (Å²) in [5.74, 6) is 1.05. The fourth-order valence-corrected chi connectivity index (χ4v) is 11.2. The van der Waals surface area contributed by atoms with Crippen molar-refractivity contribution in [3.05, 3.63) is 116 Å². The Bertz CT molecular complexity index is 2670. The lowest BCUT2D eigenvalue weighted by Gasteiger charge is -2.39. The van der Waals surface area contributed by atoms with Crippen LogP contribution in [0.2, 0.25) is 10.0 Å². The Balaban J connectivity index is 0.000000387. The molecule has 8 N–H and O–H groups in total. The van der Waals surface area contributed by atoms with Gasteiger partial charge in [-0.05, 0) is 107 Å². The van der Waals surface area contributed by atoms with Gasteiger partial charge in [0.15, 0.2) is 0 Å². The second-order valence-corrected chi connectivity index (χ2v) is 28.1. The monoisotopic (exact) mass is 1230 g/mol. The van der Waals surface area contributed by atoms with Gasteiger partial charge in [-0.1, -0.05) is 98.7 Å². The molecule has 0 amide bonds. The highest BCUT2D eigenvalue weighted by Crippen LogP contribution is 2.46. The van der Waals surface area contributed by atoms with E-state index < -0.39 is 40.5 Å². The molecule has 19 nitrogen and oxygen atoms in total. The Hall–Kier alpha value is -2.48. The molecular formula is C50H76Cl2N4O15S6. The van der Waals surface area contributed by atoms with Gasteiger partial charge in [0.2, 0.25) is 0 Å². The van der Waals surface area contributed by atoms with E-state index >= 15 is 0 Å². The summed E-state index contributed by atoms with van der Waals surface area (Å²) in [4.78, 5) is 15.4. The standard InChI is InChI=1S/2C23H29ClN2OS.4CH4O3S.H2O/c2*1-16(2)17-3-5-23-20(14-17)21(26-9-7-25(8-10-26)11-12-27)15-18-13-19(24)4-6-22(18)28-23;4*1-5(2,3)4;/h2*3-6,13-14,16,21,27H,7-12,15H2,1-2H3;4*1H3,(H,2,3,4);1H2. The Kier molecular flexibility index (Phi) is 29.6. The average Bonchev–Trinajstić information content (AvgIpc) is 3.55. The number of piperazine rings is 2. The van der Waals surface area contributed by atoms with E-state index in [1.165, 1.54) is 53.0 Å². The van der Waals surface area contributed by atoms with Crippen LogP contribution < -0.4 is 0 Å². The molecule has 0 spiro atoms. The van der Waals surface area contributed by atoms with Crippen LogP contribution >= 0.6 is 46.7 Å². The number of hydrogen-bond acceptors (Lipinski definition) is 16. The maximum Gasteiger partial charge on any atom is 0.261 e. The van der Waals surface area contributed by atoms with Gasteiger partial charge in [-0.2, -0.15) is 33.7 Å². The van der Waals surface area contributed by atoms with Crippen molar-refractivity contribution in [1.29, 1.82) is 0 Å². The number of rotatable bonds is 8. The lowest BCUT2D eigenvalue weighted by atomic mass is 9.93. The first-order valence-electron chi connectivity index (χ1n) is 24.1. The van der Waals surface area contributed by atoms with Crippen molar-refractivity contribution in [2.75, 3.05) is 104 Å². The van der Waals surface area contributed by atoms with Crippen LogP contribution in [0.4, 0.5) is 0 Å². The predicted molar refractivity (Wildman–Crippen MR) is 309 cm³/mol. The fourth-order valence-electron chi connectivity index (χ4n) is 8.58. The molecule has 4 heterocycles. The van der Waals surface area contributed by atoms with Gasteiger partial charge in [0.25, 0.3) is 40.5 Å². The Labute approximate surface area is 475 Å². The van der Waals surface area contributed by atoms with Gasteiger partial charge >= 0.3 is 0 Å². The van der Waals surface area contributed by atoms with Gasteiger partial charge in [-0.25, -0.2) is 0 Å². The first-order chi connectivity index (χ1) is 35.1. The zero-order valence-corrected chi connectivity index (χ0v) is 51.0. The van der Waals surface area contributed by atoms with Gasteiger partial charge in [0, 0.05) is 107 Å². The lowest BCUT2D eigenvalue weighted by molar-refractivity contribution is 0.0823. The number of aliphatic hydroxyl groups excluding tert-OH is 2. The summed E-state index contributed by atoms with van der Waals surface area (Å²) in [6, 6.07) is 27.5. The highest BCUT2D eigenvalue weighted by molar-refractivity contribution is 7.99. The second kappa shape index (κ2) is 32.2. The minimum atomic E-state index is -3.67. The maximum absolute atomic E-state index is 9.25. The summed E-state index contributed by atoms with van der Waals surface area (Å²) in [7, 11) is -14.7. The van der Waals surface area contributed by atoms with Crippen LogP contribution in [-0.4, -0.2) is 191 Å². The summed E-state index contributed by atoms with van der Waals surface area (Å²) < 4.78 is 103. The highest BCUT2D eigenvalue weighted by atomic mass is 35.5. The van der Waals surface area contributed by atoms with E-state index in [4.69, 9.17) is 41.4 Å². The van der Waals surface area contributed by atoms with Crippen molar-refractivity contribution in [1.82, 2.24) is 19.6 Å². The number of nitrogens with zero attached hydrogens (tertiary/aromatic N) is 4. The van der Waals surface area contributed by atoms with E-state index in [0.29, 0.717) is 48.9 Å². The first kappa shape index (κ1) is 70.6. The molecule has 2 saturated heterocycles. The van der Waals surface area contributed by atoms with Crippen molar-refractivity contribution in [2.45, 2.75) is 84.0 Å². The molecular weight excluding hydrogens is 1160 g/mol. The molecule has 4 aromatic rings. The number of hydrogen-bond donors (Lipinski definition) is 6. The molecule has 8 rings (SSSR count). The van der Waals surface area contributed by atoms with Gasteiger partial charge in [0.1, 0.15) is 0 Å². The molecule has 4 aliphatic rings. The third-order valence-corrected chi connectivity index (χ3v) is 14.8. The average molecular weight is 1240 g/mol. The zero-order valence-electron chi connectivity index (χ0n) is 44.6. The van der Waals surface area contributed by atoms with E-state index in [1.54, 1.807) is 0 Å². The number of aliphatic hydroxyl groups is 2. The largest absolute Gasteiger partial charge is 0.412 e. The van der Waals surface area contributed by atoms with Crippen LogP contribution in [0.3, 0.4) is 0 Å². The van der Waals surface area contributed by atoms with E-state index in [2.05, 4.69) is 108 Å². The second-order valence-electron chi connectivity index (χ2n) is 19.2. The summed E-state index contributed by atoms with van der Waals surface area (Å²) in [5.41, 5.74) is 8.43. The van der Waals surface area contributed by atoms with E-state index in [-0.39, 0.29) is 18.7 Å². The molecule has 4 aromatic carbocycles. The molecule has 436 valence electrons. The van der Waals surface area contributed by atoms with E-state index in [9.17, 15) is 43.9 Å². The Morgan fingerprint density at radius 3 is 1.01 bits per heavy atom. The lowest BCUT2D eigenvalue weighted by Crippen LogP contribution is -2.48. The SMILES string of the molecule is CC(C)c1ccc2c(c1)C(N1CCN(CCO)CC1)Cc1cc(Cl)ccc1S2.CC(C)c1ccc2c(c1)C(N1CCN(CCO)CC1)Cc1cc(Cl)ccc1S2.CS(=O)(=O)O.CS(=O)(=O)O.CS(=O)(=O)O.CS(=O)(=O)O.O. The molecule has 77 heavy (non-hydrogen) atoms. The van der Waals surface area contributed by atoms with Crippen molar-refractivity contribution in [3.8, 4) is 0 Å². The maximum atomic E-state index is 9.25. The normalized spacial score (nSPS) is 18.1. The van der Waals surface area contributed by atoms with Crippen molar-refractivity contribution in [2.24, 2.45) is 0 Å². The van der Waals surface area contributed by atoms with E-state index in [1.807, 2.05) is 35.7 Å². The van der Waals surface area contributed by atoms with E-state index in [0.717, 1.165) is 88.3 Å². The quantitative estimate of drug-likeness (QED) is 0.0984. The summed E-state index contributed by atoms with van der Waals surface area (Å²) in [6.07, 6.45) is 4.86. The van der Waals surface area contributed by atoms with Crippen molar-refractivity contribution < 1.29 is 67.6 Å². The Morgan fingerprint density at radius 2 is 0.753 bits per heavy atom. The number of β-amino-alcohol motifs (C(OH)–C–C–N with tert-alkyl or cyclic N) is 2. The Morgan fingerprint density at radius 1 is 0.481 bits per heavy atom. The minimum absolute atomic E-state index is 0. The van der Waals surface area contributed by atoms with Crippen LogP contribution in [0.5, 0.6) is 0 Å². The van der Waals surface area contributed by atoms with Crippen LogP contribution in [0.1, 0.15) is 85.0 Å². The molecule has 27 heteroatoms.